The van der Waals surface area contributed by atoms with Gasteiger partial charge in [-0.1, -0.05) is 115 Å². The number of hydrogen-bond acceptors (Lipinski definition) is 2. The van der Waals surface area contributed by atoms with Gasteiger partial charge in [0.25, 0.3) is 0 Å². The van der Waals surface area contributed by atoms with Crippen molar-refractivity contribution < 1.29 is 0 Å². The lowest BCUT2D eigenvalue weighted by Crippen LogP contribution is -2.10. The molecule has 3 heteroatoms. The average molecular weight is 669 g/mol. The molecule has 0 aliphatic carbocycles. The molecule has 0 bridgehead atoms. The molecule has 0 amide bonds. The van der Waals surface area contributed by atoms with E-state index in [0.717, 1.165) is 22.7 Å². The molecule has 0 saturated heterocycles. The number of aromatic nitrogens is 1. The molecular weight excluding hydrogens is 637 g/mol. The molecule has 0 aliphatic rings. The van der Waals surface area contributed by atoms with Crippen LogP contribution in [-0.4, -0.2) is 4.57 Å². The van der Waals surface area contributed by atoms with Gasteiger partial charge in [0.1, 0.15) is 0 Å². The van der Waals surface area contributed by atoms with Crippen LogP contribution < -0.4 is 4.90 Å². The minimum absolute atomic E-state index is 1.11. The Hall–Kier alpha value is -6.42. The Bertz CT molecular complexity index is 2770. The van der Waals surface area contributed by atoms with Gasteiger partial charge in [-0.25, -0.2) is 0 Å². The first-order valence-corrected chi connectivity index (χ1v) is 18.2. The zero-order valence-electron chi connectivity index (χ0n) is 27.8. The van der Waals surface area contributed by atoms with Crippen molar-refractivity contribution in [2.75, 3.05) is 4.90 Å². The SMILES string of the molecule is c1ccc(N(c2ccc(-c3ccc(-c4ccc5sc6ccccc6c5c4)cc3)cc2)c2ccc(-n3c4ccccc4c4ccccc43)cc2)cc1. The lowest BCUT2D eigenvalue weighted by Gasteiger charge is -2.26. The fourth-order valence-corrected chi connectivity index (χ4v) is 8.63. The van der Waals surface area contributed by atoms with Gasteiger partial charge in [0.2, 0.25) is 0 Å². The van der Waals surface area contributed by atoms with Crippen molar-refractivity contribution in [3.63, 3.8) is 0 Å². The van der Waals surface area contributed by atoms with Crippen molar-refractivity contribution in [1.82, 2.24) is 4.57 Å². The Kier molecular flexibility index (Phi) is 7.04. The van der Waals surface area contributed by atoms with E-state index in [0.29, 0.717) is 0 Å². The average Bonchev–Trinajstić information content (AvgIpc) is 3.75. The summed E-state index contributed by atoms with van der Waals surface area (Å²) in [5.74, 6) is 0. The summed E-state index contributed by atoms with van der Waals surface area (Å²) in [6.07, 6.45) is 0. The predicted octanol–water partition coefficient (Wildman–Crippen LogP) is 14.0. The van der Waals surface area contributed by atoms with Gasteiger partial charge in [0, 0.05) is 53.7 Å². The summed E-state index contributed by atoms with van der Waals surface area (Å²) in [5, 5.41) is 5.20. The summed E-state index contributed by atoms with van der Waals surface area (Å²) in [7, 11) is 0. The van der Waals surface area contributed by atoms with Crippen LogP contribution in [0.3, 0.4) is 0 Å². The second kappa shape index (κ2) is 12.2. The van der Waals surface area contributed by atoms with Crippen LogP contribution >= 0.6 is 11.3 Å². The number of benzene rings is 8. The molecular formula is C48H32N2S. The quantitative estimate of drug-likeness (QED) is 0.171. The maximum absolute atomic E-state index is 2.36. The largest absolute Gasteiger partial charge is 0.311 e. The molecule has 0 radical (unpaired) electrons. The summed E-state index contributed by atoms with van der Waals surface area (Å²) in [5.41, 5.74) is 11.8. The number of hydrogen-bond donors (Lipinski definition) is 0. The van der Waals surface area contributed by atoms with Crippen molar-refractivity contribution in [3.05, 3.63) is 194 Å². The third kappa shape index (κ3) is 5.10. The number of rotatable bonds is 6. The molecule has 8 aromatic carbocycles. The summed E-state index contributed by atoms with van der Waals surface area (Å²) in [6, 6.07) is 70.3. The van der Waals surface area contributed by atoms with Crippen molar-refractivity contribution in [2.45, 2.75) is 0 Å². The van der Waals surface area contributed by atoms with Gasteiger partial charge in [0.05, 0.1) is 11.0 Å². The van der Waals surface area contributed by atoms with Gasteiger partial charge in [0.15, 0.2) is 0 Å². The first-order chi connectivity index (χ1) is 25.3. The van der Waals surface area contributed by atoms with E-state index in [1.807, 2.05) is 11.3 Å². The van der Waals surface area contributed by atoms with E-state index in [4.69, 9.17) is 0 Å². The Labute approximate surface area is 300 Å². The number of thiophene rings is 1. The number of fused-ring (bicyclic) bond motifs is 6. The highest BCUT2D eigenvalue weighted by molar-refractivity contribution is 7.25. The highest BCUT2D eigenvalue weighted by Gasteiger charge is 2.15. The second-order valence-corrected chi connectivity index (χ2v) is 14.1. The highest BCUT2D eigenvalue weighted by Crippen LogP contribution is 2.39. The molecule has 0 spiro atoms. The van der Waals surface area contributed by atoms with Crippen LogP contribution in [0.5, 0.6) is 0 Å². The molecule has 0 aliphatic heterocycles. The Morgan fingerprint density at radius 1 is 0.333 bits per heavy atom. The standard InChI is InChI=1S/C48H32N2S/c1-2-10-37(11-3-1)49(39-27-29-40(30-28-39)50-45-15-7-4-12-41(45)42-13-5-8-16-46(42)50)38-25-22-34(23-26-38)33-18-20-35(21-19-33)36-24-31-48-44(32-36)43-14-6-9-17-47(43)51-48/h1-32H. The molecule has 10 aromatic rings. The molecule has 0 atom stereocenters. The smallest absolute Gasteiger partial charge is 0.0541 e. The van der Waals surface area contributed by atoms with Crippen LogP contribution in [-0.2, 0) is 0 Å². The lowest BCUT2D eigenvalue weighted by molar-refractivity contribution is 1.17. The third-order valence-corrected chi connectivity index (χ3v) is 11.2. The van der Waals surface area contributed by atoms with E-state index in [1.165, 1.54) is 64.2 Å². The van der Waals surface area contributed by atoms with Crippen molar-refractivity contribution in [3.8, 4) is 27.9 Å². The Balaban J connectivity index is 0.967. The third-order valence-electron chi connectivity index (χ3n) is 10.0. The van der Waals surface area contributed by atoms with Crippen LogP contribution in [0, 0.1) is 0 Å². The topological polar surface area (TPSA) is 8.17 Å². The molecule has 2 nitrogen and oxygen atoms in total. The van der Waals surface area contributed by atoms with E-state index in [9.17, 15) is 0 Å². The molecule has 0 saturated carbocycles. The van der Waals surface area contributed by atoms with Crippen LogP contribution in [0.2, 0.25) is 0 Å². The monoisotopic (exact) mass is 668 g/mol. The van der Waals surface area contributed by atoms with Crippen LogP contribution in [0.25, 0.3) is 69.9 Å². The van der Waals surface area contributed by atoms with Crippen molar-refractivity contribution in [2.24, 2.45) is 0 Å². The minimum Gasteiger partial charge on any atom is -0.311 e. The molecule has 2 aromatic heterocycles. The zero-order valence-corrected chi connectivity index (χ0v) is 28.6. The summed E-state index contributed by atoms with van der Waals surface area (Å²) in [6.45, 7) is 0. The molecule has 0 N–H and O–H groups in total. The van der Waals surface area contributed by atoms with Crippen LogP contribution in [0.4, 0.5) is 17.1 Å². The minimum atomic E-state index is 1.11. The van der Waals surface area contributed by atoms with Gasteiger partial charge in [-0.3, -0.25) is 0 Å². The first-order valence-electron chi connectivity index (χ1n) is 17.3. The van der Waals surface area contributed by atoms with Gasteiger partial charge >= 0.3 is 0 Å². The molecule has 10 rings (SSSR count). The fraction of sp³-hybridized carbons (Fsp3) is 0. The van der Waals surface area contributed by atoms with Crippen LogP contribution in [0.15, 0.2) is 194 Å². The number of anilines is 3. The molecule has 2 heterocycles. The summed E-state index contributed by atoms with van der Waals surface area (Å²) in [4.78, 5) is 2.33. The van der Waals surface area contributed by atoms with Gasteiger partial charge < -0.3 is 9.47 Å². The Morgan fingerprint density at radius 2 is 0.784 bits per heavy atom. The molecule has 0 fully saturated rings. The number of para-hydroxylation sites is 3. The van der Waals surface area contributed by atoms with E-state index in [1.54, 1.807) is 0 Å². The maximum atomic E-state index is 2.36. The van der Waals surface area contributed by atoms with Gasteiger partial charge in [-0.15, -0.1) is 11.3 Å². The molecule has 0 unspecified atom stereocenters. The van der Waals surface area contributed by atoms with Crippen molar-refractivity contribution >= 4 is 70.4 Å². The summed E-state index contributed by atoms with van der Waals surface area (Å²) >= 11 is 1.86. The first kappa shape index (κ1) is 29.5. The predicted molar refractivity (Wildman–Crippen MR) is 219 cm³/mol. The highest BCUT2D eigenvalue weighted by atomic mass is 32.1. The lowest BCUT2D eigenvalue weighted by atomic mass is 9.99. The van der Waals surface area contributed by atoms with Gasteiger partial charge in [-0.05, 0) is 101 Å². The normalized spacial score (nSPS) is 11.5. The number of nitrogens with zero attached hydrogens (tertiary/aromatic N) is 2. The van der Waals surface area contributed by atoms with E-state index in [2.05, 4.69) is 204 Å². The fourth-order valence-electron chi connectivity index (χ4n) is 7.54. The summed E-state index contributed by atoms with van der Waals surface area (Å²) < 4.78 is 5.04. The van der Waals surface area contributed by atoms with E-state index >= 15 is 0 Å². The molecule has 51 heavy (non-hydrogen) atoms. The van der Waals surface area contributed by atoms with Gasteiger partial charge in [-0.2, -0.15) is 0 Å². The Morgan fingerprint density at radius 3 is 1.43 bits per heavy atom. The van der Waals surface area contributed by atoms with Crippen molar-refractivity contribution in [1.29, 1.82) is 0 Å². The maximum Gasteiger partial charge on any atom is 0.0541 e. The molecule has 240 valence electrons. The van der Waals surface area contributed by atoms with E-state index < -0.39 is 0 Å². The zero-order chi connectivity index (χ0) is 33.7. The second-order valence-electron chi connectivity index (χ2n) is 13.0. The van der Waals surface area contributed by atoms with Crippen LogP contribution in [0.1, 0.15) is 0 Å². The van der Waals surface area contributed by atoms with E-state index in [-0.39, 0.29) is 0 Å².